The number of benzene rings is 2. The van der Waals surface area contributed by atoms with Crippen molar-refractivity contribution in [2.45, 2.75) is 34.1 Å². The molecule has 6 nitrogen and oxygen atoms in total. The Bertz CT molecular complexity index is 856. The molecule has 0 bridgehead atoms. The molecule has 1 N–H and O–H groups in total. The van der Waals surface area contributed by atoms with E-state index in [0.29, 0.717) is 11.3 Å². The number of rotatable bonds is 7. The van der Waals surface area contributed by atoms with Crippen molar-refractivity contribution in [1.82, 2.24) is 0 Å². The topological polar surface area (TPSA) is 75.7 Å². The second kappa shape index (κ2) is 9.69. The second-order valence-electron chi connectivity index (χ2n) is 6.58. The van der Waals surface area contributed by atoms with Crippen molar-refractivity contribution in [3.05, 3.63) is 59.2 Å². The first-order valence-electron chi connectivity index (χ1n) is 9.24. The number of aryl methyl sites for hydroxylation is 2. The molecule has 0 aliphatic heterocycles. The summed E-state index contributed by atoms with van der Waals surface area (Å²) in [6.45, 7) is 7.63. The second-order valence-corrected chi connectivity index (χ2v) is 6.58. The Balaban J connectivity index is 2.08. The van der Waals surface area contributed by atoms with Gasteiger partial charge in [0.25, 0.3) is 0 Å². The SMILES string of the molecule is CCOC(=O)c1ccccc1NC(=O)CCN(C(C)=O)c1cc(C)cc(C)c1. The molecular weight excluding hydrogens is 356 g/mol. The smallest absolute Gasteiger partial charge is 0.340 e. The molecule has 0 atom stereocenters. The number of hydrogen-bond acceptors (Lipinski definition) is 4. The molecule has 148 valence electrons. The summed E-state index contributed by atoms with van der Waals surface area (Å²) in [5.41, 5.74) is 3.56. The molecule has 0 heterocycles. The van der Waals surface area contributed by atoms with E-state index in [9.17, 15) is 14.4 Å². The molecule has 0 fully saturated rings. The zero-order valence-corrected chi connectivity index (χ0v) is 16.7. The summed E-state index contributed by atoms with van der Waals surface area (Å²) in [7, 11) is 0. The van der Waals surface area contributed by atoms with Gasteiger partial charge in [-0.05, 0) is 56.2 Å². The van der Waals surface area contributed by atoms with Crippen molar-refractivity contribution < 1.29 is 19.1 Å². The minimum atomic E-state index is -0.487. The van der Waals surface area contributed by atoms with Gasteiger partial charge in [0.1, 0.15) is 0 Å². The lowest BCUT2D eigenvalue weighted by Crippen LogP contribution is -2.32. The van der Waals surface area contributed by atoms with Crippen molar-refractivity contribution in [2.75, 3.05) is 23.4 Å². The zero-order chi connectivity index (χ0) is 20.7. The van der Waals surface area contributed by atoms with Crippen LogP contribution in [0.3, 0.4) is 0 Å². The zero-order valence-electron chi connectivity index (χ0n) is 16.7. The van der Waals surface area contributed by atoms with Crippen molar-refractivity contribution in [2.24, 2.45) is 0 Å². The van der Waals surface area contributed by atoms with Gasteiger partial charge in [0.15, 0.2) is 0 Å². The fraction of sp³-hybridized carbons (Fsp3) is 0.318. The quantitative estimate of drug-likeness (QED) is 0.738. The molecule has 0 radical (unpaired) electrons. The third-order valence-corrected chi connectivity index (χ3v) is 4.16. The van der Waals surface area contributed by atoms with Gasteiger partial charge in [-0.1, -0.05) is 18.2 Å². The minimum Gasteiger partial charge on any atom is -0.462 e. The van der Waals surface area contributed by atoms with Gasteiger partial charge in [0.2, 0.25) is 11.8 Å². The largest absolute Gasteiger partial charge is 0.462 e. The molecular formula is C22H26N2O4. The Kier molecular flexibility index (Phi) is 7.32. The summed E-state index contributed by atoms with van der Waals surface area (Å²) in [4.78, 5) is 38.1. The number of hydrogen-bond donors (Lipinski definition) is 1. The van der Waals surface area contributed by atoms with E-state index in [1.165, 1.54) is 6.92 Å². The van der Waals surface area contributed by atoms with Crippen LogP contribution in [0, 0.1) is 13.8 Å². The van der Waals surface area contributed by atoms with E-state index < -0.39 is 5.97 Å². The number of carbonyl (C=O) groups excluding carboxylic acids is 3. The van der Waals surface area contributed by atoms with Crippen LogP contribution in [0.25, 0.3) is 0 Å². The molecule has 6 heteroatoms. The molecule has 2 aromatic carbocycles. The lowest BCUT2D eigenvalue weighted by Gasteiger charge is -2.22. The lowest BCUT2D eigenvalue weighted by atomic mass is 10.1. The predicted octanol–water partition coefficient (Wildman–Crippen LogP) is 3.86. The highest BCUT2D eigenvalue weighted by molar-refractivity contribution is 6.01. The maximum absolute atomic E-state index is 12.4. The Labute approximate surface area is 165 Å². The maximum Gasteiger partial charge on any atom is 0.340 e. The van der Waals surface area contributed by atoms with Crippen LogP contribution >= 0.6 is 0 Å². The average Bonchev–Trinajstić information content (AvgIpc) is 2.61. The Hall–Kier alpha value is -3.15. The fourth-order valence-electron chi connectivity index (χ4n) is 2.98. The van der Waals surface area contributed by atoms with E-state index in [1.54, 1.807) is 36.1 Å². The highest BCUT2D eigenvalue weighted by atomic mass is 16.5. The van der Waals surface area contributed by atoms with Crippen LogP contribution in [0.2, 0.25) is 0 Å². The number of anilines is 2. The van der Waals surface area contributed by atoms with Crippen LogP contribution in [-0.2, 0) is 14.3 Å². The first-order chi connectivity index (χ1) is 13.3. The van der Waals surface area contributed by atoms with Crippen LogP contribution in [0.5, 0.6) is 0 Å². The number of carbonyl (C=O) groups is 3. The first kappa shape index (κ1) is 21.2. The van der Waals surface area contributed by atoms with Crippen LogP contribution in [0.4, 0.5) is 11.4 Å². The van der Waals surface area contributed by atoms with E-state index in [-0.39, 0.29) is 31.4 Å². The summed E-state index contributed by atoms with van der Waals surface area (Å²) in [5, 5.41) is 2.74. The summed E-state index contributed by atoms with van der Waals surface area (Å²) < 4.78 is 5.02. The summed E-state index contributed by atoms with van der Waals surface area (Å²) in [6.07, 6.45) is 0.101. The highest BCUT2D eigenvalue weighted by Gasteiger charge is 2.17. The molecule has 0 aliphatic carbocycles. The number of amides is 2. The van der Waals surface area contributed by atoms with Crippen molar-refractivity contribution in [1.29, 1.82) is 0 Å². The van der Waals surface area contributed by atoms with Gasteiger partial charge in [-0.3, -0.25) is 9.59 Å². The van der Waals surface area contributed by atoms with Crippen molar-refractivity contribution >= 4 is 29.2 Å². The van der Waals surface area contributed by atoms with E-state index in [0.717, 1.165) is 16.8 Å². The molecule has 0 aromatic heterocycles. The predicted molar refractivity (Wildman–Crippen MR) is 110 cm³/mol. The first-order valence-corrected chi connectivity index (χ1v) is 9.24. The molecule has 0 unspecified atom stereocenters. The Morgan fingerprint density at radius 1 is 1.04 bits per heavy atom. The number of ether oxygens (including phenoxy) is 1. The van der Waals surface area contributed by atoms with E-state index >= 15 is 0 Å². The van der Waals surface area contributed by atoms with Crippen molar-refractivity contribution in [3.63, 3.8) is 0 Å². The van der Waals surface area contributed by atoms with Gasteiger partial charge in [0.05, 0.1) is 17.9 Å². The summed E-state index contributed by atoms with van der Waals surface area (Å²) >= 11 is 0. The van der Waals surface area contributed by atoms with Gasteiger partial charge >= 0.3 is 5.97 Å². The fourth-order valence-corrected chi connectivity index (χ4v) is 2.98. The van der Waals surface area contributed by atoms with Crippen molar-refractivity contribution in [3.8, 4) is 0 Å². The minimum absolute atomic E-state index is 0.101. The van der Waals surface area contributed by atoms with E-state index in [4.69, 9.17) is 4.74 Å². The average molecular weight is 382 g/mol. The molecule has 2 amide bonds. The van der Waals surface area contributed by atoms with Crippen LogP contribution < -0.4 is 10.2 Å². The highest BCUT2D eigenvalue weighted by Crippen LogP contribution is 2.20. The van der Waals surface area contributed by atoms with Crippen LogP contribution in [-0.4, -0.2) is 30.9 Å². The molecule has 28 heavy (non-hydrogen) atoms. The van der Waals surface area contributed by atoms with Gasteiger partial charge in [-0.25, -0.2) is 4.79 Å². The van der Waals surface area contributed by atoms with Crippen LogP contribution in [0.15, 0.2) is 42.5 Å². The van der Waals surface area contributed by atoms with Gasteiger partial charge in [0, 0.05) is 25.6 Å². The third kappa shape index (κ3) is 5.67. The lowest BCUT2D eigenvalue weighted by molar-refractivity contribution is -0.117. The van der Waals surface area contributed by atoms with Gasteiger partial charge in [-0.2, -0.15) is 0 Å². The molecule has 0 spiro atoms. The summed E-state index contributed by atoms with van der Waals surface area (Å²) in [6, 6.07) is 12.6. The molecule has 0 saturated carbocycles. The number of esters is 1. The van der Waals surface area contributed by atoms with E-state index in [2.05, 4.69) is 5.32 Å². The third-order valence-electron chi connectivity index (χ3n) is 4.16. The van der Waals surface area contributed by atoms with Gasteiger partial charge < -0.3 is 15.0 Å². The Morgan fingerprint density at radius 3 is 2.29 bits per heavy atom. The summed E-state index contributed by atoms with van der Waals surface area (Å²) in [5.74, 6) is -0.906. The molecule has 2 aromatic rings. The number of nitrogens with one attached hydrogen (secondary N) is 1. The normalized spacial score (nSPS) is 10.3. The van der Waals surface area contributed by atoms with Gasteiger partial charge in [-0.15, -0.1) is 0 Å². The number of para-hydroxylation sites is 1. The maximum atomic E-state index is 12.4. The standard InChI is InChI=1S/C22H26N2O4/c1-5-28-22(27)19-8-6-7-9-20(19)23-21(26)10-11-24(17(4)25)18-13-15(2)12-16(3)14-18/h6-9,12-14H,5,10-11H2,1-4H3,(H,23,26). The van der Waals surface area contributed by atoms with E-state index in [1.807, 2.05) is 32.0 Å². The monoisotopic (exact) mass is 382 g/mol. The molecule has 2 rings (SSSR count). The molecule has 0 aliphatic rings. The number of nitrogens with zero attached hydrogens (tertiary/aromatic N) is 1. The Morgan fingerprint density at radius 2 is 1.68 bits per heavy atom. The van der Waals surface area contributed by atoms with Crippen LogP contribution in [0.1, 0.15) is 41.8 Å². The molecule has 0 saturated heterocycles.